The van der Waals surface area contributed by atoms with Gasteiger partial charge < -0.3 is 4.74 Å². The highest BCUT2D eigenvalue weighted by atomic mass is 32.1. The van der Waals surface area contributed by atoms with E-state index in [-0.39, 0.29) is 12.5 Å². The summed E-state index contributed by atoms with van der Waals surface area (Å²) in [7, 11) is 0. The van der Waals surface area contributed by atoms with Crippen LogP contribution in [0.15, 0.2) is 48.7 Å². The number of benzene rings is 2. The smallest absolute Gasteiger partial charge is 0.264 e. The lowest BCUT2D eigenvalue weighted by molar-refractivity contribution is -0.118. The number of nitrogens with zero attached hydrogens (tertiary/aromatic N) is 1. The molecule has 152 valence electrons. The van der Waals surface area contributed by atoms with Crippen molar-refractivity contribution in [3.05, 3.63) is 75.8 Å². The number of ether oxygens (including phenoxy) is 1. The van der Waals surface area contributed by atoms with Gasteiger partial charge in [0.15, 0.2) is 11.7 Å². The van der Waals surface area contributed by atoms with Crippen LogP contribution in [-0.2, 0) is 17.6 Å². The Hall–Kier alpha value is -2.66. The number of aryl methyl sites for hydroxylation is 3. The summed E-state index contributed by atoms with van der Waals surface area (Å²) in [4.78, 5) is 17.6. The molecule has 0 aliphatic heterocycles. The van der Waals surface area contributed by atoms with Crippen LogP contribution in [0, 0.1) is 13.8 Å². The quantitative estimate of drug-likeness (QED) is 0.493. The topological polar surface area (TPSA) is 51.2 Å². The van der Waals surface area contributed by atoms with Crippen molar-refractivity contribution in [1.29, 1.82) is 0 Å². The first-order valence-corrected chi connectivity index (χ1v) is 10.9. The van der Waals surface area contributed by atoms with Crippen LogP contribution in [0.5, 0.6) is 5.75 Å². The number of amides is 1. The first-order valence-electron chi connectivity index (χ1n) is 10.1. The minimum absolute atomic E-state index is 0.0297. The van der Waals surface area contributed by atoms with E-state index in [1.807, 2.05) is 38.2 Å². The fraction of sp³-hybridized carbons (Fsp3) is 0.333. The van der Waals surface area contributed by atoms with Gasteiger partial charge in [-0.2, -0.15) is 0 Å². The summed E-state index contributed by atoms with van der Waals surface area (Å²) in [6.45, 7) is 6.19. The molecule has 0 unspecified atom stereocenters. The molecule has 0 aliphatic carbocycles. The summed E-state index contributed by atoms with van der Waals surface area (Å²) >= 11 is 1.50. The molecule has 5 heteroatoms. The van der Waals surface area contributed by atoms with Gasteiger partial charge in [-0.25, -0.2) is 4.98 Å². The fourth-order valence-corrected chi connectivity index (χ4v) is 3.98. The highest BCUT2D eigenvalue weighted by molar-refractivity contribution is 7.15. The van der Waals surface area contributed by atoms with E-state index in [0.29, 0.717) is 5.13 Å². The number of aromatic nitrogens is 1. The van der Waals surface area contributed by atoms with E-state index in [9.17, 15) is 4.79 Å². The van der Waals surface area contributed by atoms with Crippen LogP contribution >= 0.6 is 11.3 Å². The Morgan fingerprint density at radius 2 is 1.86 bits per heavy atom. The van der Waals surface area contributed by atoms with Gasteiger partial charge in [-0.05, 0) is 49.4 Å². The molecule has 29 heavy (non-hydrogen) atoms. The highest BCUT2D eigenvalue weighted by Crippen LogP contribution is 2.22. The number of hydrogen-bond acceptors (Lipinski definition) is 4. The van der Waals surface area contributed by atoms with E-state index < -0.39 is 0 Å². The van der Waals surface area contributed by atoms with Crippen LogP contribution in [0.4, 0.5) is 5.13 Å². The predicted molar refractivity (Wildman–Crippen MR) is 120 cm³/mol. The molecular formula is C24H28N2O2S. The van der Waals surface area contributed by atoms with Crippen molar-refractivity contribution in [3.63, 3.8) is 0 Å². The molecule has 0 fully saturated rings. The number of carbonyl (C=O) groups is 1. The lowest BCUT2D eigenvalue weighted by Crippen LogP contribution is -2.20. The zero-order chi connectivity index (χ0) is 20.6. The third-order valence-corrected chi connectivity index (χ3v) is 5.62. The predicted octanol–water partition coefficient (Wildman–Crippen LogP) is 5.71. The molecule has 0 saturated heterocycles. The van der Waals surface area contributed by atoms with Crippen molar-refractivity contribution in [2.24, 2.45) is 0 Å². The average molecular weight is 409 g/mol. The van der Waals surface area contributed by atoms with Gasteiger partial charge in [-0.3, -0.25) is 10.1 Å². The lowest BCUT2D eigenvalue weighted by atomic mass is 10.0. The molecule has 0 spiro atoms. The molecule has 1 amide bonds. The zero-order valence-electron chi connectivity index (χ0n) is 17.3. The second-order valence-electron chi connectivity index (χ2n) is 7.33. The fourth-order valence-electron chi connectivity index (χ4n) is 3.11. The van der Waals surface area contributed by atoms with Gasteiger partial charge in [0, 0.05) is 17.5 Å². The van der Waals surface area contributed by atoms with Crippen molar-refractivity contribution >= 4 is 22.4 Å². The summed E-state index contributed by atoms with van der Waals surface area (Å²) in [5.41, 5.74) is 4.84. The Morgan fingerprint density at radius 1 is 1.10 bits per heavy atom. The van der Waals surface area contributed by atoms with E-state index in [0.717, 1.165) is 29.0 Å². The first kappa shape index (κ1) is 21.1. The van der Waals surface area contributed by atoms with E-state index in [1.54, 1.807) is 0 Å². The normalized spacial score (nSPS) is 10.7. The van der Waals surface area contributed by atoms with E-state index in [4.69, 9.17) is 4.74 Å². The SMILES string of the molecule is CCCCc1ccc(Cc2cnc(NC(=O)COc3ccc(C)cc3C)s2)cc1. The van der Waals surface area contributed by atoms with Crippen molar-refractivity contribution in [1.82, 2.24) is 4.98 Å². The molecular weight excluding hydrogens is 380 g/mol. The molecule has 0 aliphatic rings. The molecule has 1 heterocycles. The molecule has 3 aromatic rings. The minimum Gasteiger partial charge on any atom is -0.483 e. The number of nitrogens with one attached hydrogen (secondary N) is 1. The van der Waals surface area contributed by atoms with Gasteiger partial charge in [0.1, 0.15) is 5.75 Å². The summed E-state index contributed by atoms with van der Waals surface area (Å²) in [6, 6.07) is 14.7. The van der Waals surface area contributed by atoms with Gasteiger partial charge in [0.05, 0.1) is 0 Å². The van der Waals surface area contributed by atoms with Gasteiger partial charge in [-0.1, -0.05) is 55.3 Å². The maximum Gasteiger partial charge on any atom is 0.264 e. The standard InChI is InChI=1S/C24H28N2O2S/c1-4-5-6-19-8-10-20(11-9-19)14-21-15-25-24(29-21)26-23(27)16-28-22-12-7-17(2)13-18(22)3/h7-13,15H,4-6,14,16H2,1-3H3,(H,25,26,27). The number of unbranched alkanes of at least 4 members (excludes halogenated alkanes) is 1. The zero-order valence-corrected chi connectivity index (χ0v) is 18.1. The van der Waals surface area contributed by atoms with Gasteiger partial charge in [0.2, 0.25) is 0 Å². The van der Waals surface area contributed by atoms with Crippen molar-refractivity contribution < 1.29 is 9.53 Å². The van der Waals surface area contributed by atoms with Crippen molar-refractivity contribution in [3.8, 4) is 5.75 Å². The van der Waals surface area contributed by atoms with Crippen LogP contribution < -0.4 is 10.1 Å². The molecule has 0 bridgehead atoms. The van der Waals surface area contributed by atoms with Crippen LogP contribution in [0.1, 0.15) is 46.9 Å². The van der Waals surface area contributed by atoms with E-state index in [1.165, 1.54) is 40.9 Å². The molecule has 0 radical (unpaired) electrons. The van der Waals surface area contributed by atoms with Crippen LogP contribution in [0.25, 0.3) is 0 Å². The molecule has 1 N–H and O–H groups in total. The Bertz CT molecular complexity index is 948. The highest BCUT2D eigenvalue weighted by Gasteiger charge is 2.09. The van der Waals surface area contributed by atoms with Gasteiger partial charge in [0.25, 0.3) is 5.91 Å². The Morgan fingerprint density at radius 3 is 2.59 bits per heavy atom. The molecule has 1 aromatic heterocycles. The molecule has 0 atom stereocenters. The second kappa shape index (κ2) is 10.2. The monoisotopic (exact) mass is 408 g/mol. The summed E-state index contributed by atoms with van der Waals surface area (Å²) in [6.07, 6.45) is 6.23. The van der Waals surface area contributed by atoms with Crippen LogP contribution in [0.2, 0.25) is 0 Å². The Balaban J connectivity index is 1.49. The van der Waals surface area contributed by atoms with E-state index >= 15 is 0 Å². The number of carbonyl (C=O) groups excluding carboxylic acids is 1. The third kappa shape index (κ3) is 6.43. The van der Waals surface area contributed by atoms with Crippen LogP contribution in [-0.4, -0.2) is 17.5 Å². The minimum atomic E-state index is -0.203. The average Bonchev–Trinajstić information content (AvgIpc) is 3.13. The van der Waals surface area contributed by atoms with Crippen molar-refractivity contribution in [2.75, 3.05) is 11.9 Å². The van der Waals surface area contributed by atoms with Gasteiger partial charge >= 0.3 is 0 Å². The molecule has 3 rings (SSSR count). The largest absolute Gasteiger partial charge is 0.483 e. The first-order chi connectivity index (χ1) is 14.0. The van der Waals surface area contributed by atoms with E-state index in [2.05, 4.69) is 41.5 Å². The van der Waals surface area contributed by atoms with Crippen LogP contribution in [0.3, 0.4) is 0 Å². The Labute approximate surface area is 177 Å². The summed E-state index contributed by atoms with van der Waals surface area (Å²) in [5.74, 6) is 0.527. The maximum atomic E-state index is 12.2. The molecule has 0 saturated carbocycles. The summed E-state index contributed by atoms with van der Waals surface area (Å²) < 4.78 is 5.63. The number of thiazole rings is 1. The third-order valence-electron chi connectivity index (χ3n) is 4.71. The Kier molecular flexibility index (Phi) is 7.42. The molecule has 4 nitrogen and oxygen atoms in total. The number of rotatable bonds is 9. The second-order valence-corrected chi connectivity index (χ2v) is 8.45. The number of hydrogen-bond donors (Lipinski definition) is 1. The molecule has 2 aromatic carbocycles. The maximum absolute atomic E-state index is 12.2. The van der Waals surface area contributed by atoms with Crippen molar-refractivity contribution in [2.45, 2.75) is 46.5 Å². The summed E-state index contributed by atoms with van der Waals surface area (Å²) in [5, 5.41) is 3.43. The van der Waals surface area contributed by atoms with Gasteiger partial charge in [-0.15, -0.1) is 11.3 Å². The number of anilines is 1. The lowest BCUT2D eigenvalue weighted by Gasteiger charge is -2.09.